The van der Waals surface area contributed by atoms with E-state index in [9.17, 15) is 4.79 Å². The van der Waals surface area contributed by atoms with Gasteiger partial charge in [0.2, 0.25) is 5.91 Å². The molecule has 2 aliphatic rings. The molecule has 2 heterocycles. The van der Waals surface area contributed by atoms with E-state index in [1.54, 1.807) is 7.11 Å². The normalized spacial score (nSPS) is 26.3. The molecule has 0 aromatic carbocycles. The Morgan fingerprint density at radius 3 is 2.23 bits per heavy atom. The number of rotatable bonds is 6. The molecule has 2 saturated heterocycles. The Bertz CT molecular complexity index is 413. The van der Waals surface area contributed by atoms with Crippen molar-refractivity contribution < 1.29 is 9.53 Å². The van der Waals surface area contributed by atoms with Crippen molar-refractivity contribution in [1.29, 1.82) is 0 Å². The minimum atomic E-state index is -0.363. The van der Waals surface area contributed by atoms with Crippen molar-refractivity contribution in [3.05, 3.63) is 0 Å². The molecule has 0 aliphatic carbocycles. The van der Waals surface area contributed by atoms with Crippen LogP contribution in [0.15, 0.2) is 0 Å². The predicted molar refractivity (Wildman–Crippen MR) is 113 cm³/mol. The number of amides is 1. The molecule has 2 fully saturated rings. The Labute approximate surface area is 172 Å². The molecule has 0 aromatic rings. The van der Waals surface area contributed by atoms with E-state index < -0.39 is 0 Å². The minimum Gasteiger partial charge on any atom is -0.384 e. The number of likely N-dealkylation sites (tertiary alicyclic amines) is 1. The highest BCUT2D eigenvalue weighted by atomic mass is 35.5. The van der Waals surface area contributed by atoms with Gasteiger partial charge >= 0.3 is 0 Å². The van der Waals surface area contributed by atoms with Crippen LogP contribution in [0.5, 0.6) is 0 Å². The summed E-state index contributed by atoms with van der Waals surface area (Å²) in [6, 6.07) is 0. The number of nitrogens with zero attached hydrogens (tertiary/aromatic N) is 1. The van der Waals surface area contributed by atoms with Crippen LogP contribution in [-0.4, -0.2) is 62.8 Å². The topological polar surface area (TPSA) is 53.6 Å². The number of nitrogens with one attached hydrogen (secondary N) is 2. The van der Waals surface area contributed by atoms with Crippen LogP contribution in [0.2, 0.25) is 0 Å². The SMILES string of the molecule is COCC1(C(=O)NCC(C)(C)N2CC(C)CC(C)C2)CCNCC1.Cl.Cl. The molecule has 2 unspecified atom stereocenters. The summed E-state index contributed by atoms with van der Waals surface area (Å²) in [6.07, 6.45) is 3.01. The van der Waals surface area contributed by atoms with Gasteiger partial charge in [-0.3, -0.25) is 9.69 Å². The lowest BCUT2D eigenvalue weighted by molar-refractivity contribution is -0.136. The Morgan fingerprint density at radius 2 is 1.73 bits per heavy atom. The fourth-order valence-corrected chi connectivity index (χ4v) is 4.37. The Hall–Kier alpha value is -0.0700. The zero-order valence-corrected chi connectivity index (χ0v) is 18.7. The Balaban J connectivity index is 0.00000312. The number of carbonyl (C=O) groups is 1. The molecule has 156 valence electrons. The first-order valence-corrected chi connectivity index (χ1v) is 9.52. The van der Waals surface area contributed by atoms with Crippen molar-refractivity contribution in [3.63, 3.8) is 0 Å². The molecule has 2 rings (SSSR count). The van der Waals surface area contributed by atoms with E-state index in [1.165, 1.54) is 6.42 Å². The zero-order chi connectivity index (χ0) is 17.8. The van der Waals surface area contributed by atoms with Gasteiger partial charge in [-0.15, -0.1) is 24.8 Å². The van der Waals surface area contributed by atoms with E-state index in [1.807, 2.05) is 0 Å². The summed E-state index contributed by atoms with van der Waals surface area (Å²) in [5, 5.41) is 6.60. The van der Waals surface area contributed by atoms with Gasteiger partial charge in [0.05, 0.1) is 12.0 Å². The molecule has 5 nitrogen and oxygen atoms in total. The van der Waals surface area contributed by atoms with Crippen LogP contribution in [0.1, 0.15) is 47.0 Å². The molecule has 2 N–H and O–H groups in total. The van der Waals surface area contributed by atoms with E-state index in [2.05, 4.69) is 43.2 Å². The van der Waals surface area contributed by atoms with Gasteiger partial charge in [0.15, 0.2) is 0 Å². The third kappa shape index (κ3) is 6.52. The number of piperidine rings is 2. The fourth-order valence-electron chi connectivity index (χ4n) is 4.37. The first-order valence-electron chi connectivity index (χ1n) is 9.52. The molecule has 0 bridgehead atoms. The van der Waals surface area contributed by atoms with E-state index in [0.717, 1.165) is 50.9 Å². The lowest BCUT2D eigenvalue weighted by Crippen LogP contribution is -2.58. The van der Waals surface area contributed by atoms with Crippen LogP contribution in [-0.2, 0) is 9.53 Å². The largest absolute Gasteiger partial charge is 0.384 e. The fraction of sp³-hybridized carbons (Fsp3) is 0.947. The van der Waals surface area contributed by atoms with Crippen LogP contribution in [0.4, 0.5) is 0 Å². The molecule has 2 atom stereocenters. The maximum atomic E-state index is 12.9. The predicted octanol–water partition coefficient (Wildman–Crippen LogP) is 2.72. The summed E-state index contributed by atoms with van der Waals surface area (Å²) in [7, 11) is 1.69. The molecular weight excluding hydrogens is 373 g/mol. The van der Waals surface area contributed by atoms with Crippen molar-refractivity contribution in [2.24, 2.45) is 17.3 Å². The van der Waals surface area contributed by atoms with Crippen molar-refractivity contribution >= 4 is 30.7 Å². The van der Waals surface area contributed by atoms with E-state index in [0.29, 0.717) is 13.2 Å². The third-order valence-corrected chi connectivity index (χ3v) is 5.87. The van der Waals surface area contributed by atoms with Gasteiger partial charge < -0.3 is 15.4 Å². The molecule has 0 aromatic heterocycles. The summed E-state index contributed by atoms with van der Waals surface area (Å²) in [5.41, 5.74) is -0.377. The summed E-state index contributed by atoms with van der Waals surface area (Å²) in [5.74, 6) is 1.62. The van der Waals surface area contributed by atoms with Crippen molar-refractivity contribution in [3.8, 4) is 0 Å². The molecule has 0 saturated carbocycles. The van der Waals surface area contributed by atoms with Gasteiger partial charge in [-0.25, -0.2) is 0 Å². The quantitative estimate of drug-likeness (QED) is 0.705. The highest BCUT2D eigenvalue weighted by Gasteiger charge is 2.41. The average molecular weight is 412 g/mol. The third-order valence-electron chi connectivity index (χ3n) is 5.87. The zero-order valence-electron chi connectivity index (χ0n) is 17.1. The molecule has 7 heteroatoms. The minimum absolute atomic E-state index is 0. The molecule has 2 aliphatic heterocycles. The van der Waals surface area contributed by atoms with Crippen LogP contribution in [0.25, 0.3) is 0 Å². The first-order chi connectivity index (χ1) is 11.3. The van der Waals surface area contributed by atoms with Crippen LogP contribution >= 0.6 is 24.8 Å². The monoisotopic (exact) mass is 411 g/mol. The molecule has 0 spiro atoms. The first kappa shape index (κ1) is 25.9. The Morgan fingerprint density at radius 1 is 1.19 bits per heavy atom. The number of carbonyl (C=O) groups excluding carboxylic acids is 1. The lowest BCUT2D eigenvalue weighted by Gasteiger charge is -2.46. The van der Waals surface area contributed by atoms with Crippen molar-refractivity contribution in [2.45, 2.75) is 52.5 Å². The van der Waals surface area contributed by atoms with Gasteiger partial charge in [0, 0.05) is 32.3 Å². The van der Waals surface area contributed by atoms with Gasteiger partial charge in [0.25, 0.3) is 0 Å². The van der Waals surface area contributed by atoms with E-state index in [-0.39, 0.29) is 41.7 Å². The van der Waals surface area contributed by atoms with Gasteiger partial charge in [-0.1, -0.05) is 13.8 Å². The summed E-state index contributed by atoms with van der Waals surface area (Å²) >= 11 is 0. The number of hydrogen-bond acceptors (Lipinski definition) is 4. The number of halogens is 2. The maximum Gasteiger partial charge on any atom is 0.228 e. The molecule has 26 heavy (non-hydrogen) atoms. The van der Waals surface area contributed by atoms with Crippen molar-refractivity contribution in [2.75, 3.05) is 46.4 Å². The summed E-state index contributed by atoms with van der Waals surface area (Å²) < 4.78 is 5.38. The second-order valence-electron chi connectivity index (χ2n) is 8.81. The maximum absolute atomic E-state index is 12.9. The second kappa shape index (κ2) is 11.1. The van der Waals surface area contributed by atoms with Crippen molar-refractivity contribution in [1.82, 2.24) is 15.5 Å². The lowest BCUT2D eigenvalue weighted by atomic mass is 9.78. The van der Waals surface area contributed by atoms with Gasteiger partial charge in [0.1, 0.15) is 0 Å². The molecule has 0 radical (unpaired) electrons. The number of ether oxygens (including phenoxy) is 1. The smallest absolute Gasteiger partial charge is 0.228 e. The van der Waals surface area contributed by atoms with Gasteiger partial charge in [-0.2, -0.15) is 0 Å². The average Bonchev–Trinajstić information content (AvgIpc) is 2.53. The van der Waals surface area contributed by atoms with Crippen LogP contribution in [0.3, 0.4) is 0 Å². The van der Waals surface area contributed by atoms with Gasteiger partial charge in [-0.05, 0) is 58.0 Å². The Kier molecular flexibility index (Phi) is 11.0. The standard InChI is InChI=1S/C19H37N3O2.2ClH/c1-15-10-16(2)12-22(11-15)18(3,4)13-21-17(23)19(14-24-5)6-8-20-9-7-19;;/h15-16,20H,6-14H2,1-5H3,(H,21,23);2*1H. The summed E-state index contributed by atoms with van der Waals surface area (Å²) in [6.45, 7) is 14.4. The second-order valence-corrected chi connectivity index (χ2v) is 8.81. The van der Waals surface area contributed by atoms with Crippen LogP contribution in [0, 0.1) is 17.3 Å². The number of hydrogen-bond donors (Lipinski definition) is 2. The van der Waals surface area contributed by atoms with E-state index >= 15 is 0 Å². The highest BCUT2D eigenvalue weighted by Crippen LogP contribution is 2.30. The molecule has 1 amide bonds. The highest BCUT2D eigenvalue weighted by molar-refractivity contribution is 5.85. The number of methoxy groups -OCH3 is 1. The van der Waals surface area contributed by atoms with Crippen LogP contribution < -0.4 is 10.6 Å². The van der Waals surface area contributed by atoms with E-state index in [4.69, 9.17) is 4.74 Å². The summed E-state index contributed by atoms with van der Waals surface area (Å²) in [4.78, 5) is 15.5. The molecular formula is C19H39Cl2N3O2.